The molecule has 0 saturated heterocycles. The maximum Gasteiger partial charge on any atom is 0.255 e. The van der Waals surface area contributed by atoms with Crippen molar-refractivity contribution in [2.45, 2.75) is 13.5 Å². The molecule has 4 nitrogen and oxygen atoms in total. The van der Waals surface area contributed by atoms with Gasteiger partial charge in [0, 0.05) is 29.0 Å². The first-order chi connectivity index (χ1) is 12.1. The van der Waals surface area contributed by atoms with Gasteiger partial charge in [-0.3, -0.25) is 4.79 Å². The number of nitrogens with zero attached hydrogens (tertiary/aromatic N) is 1. The quantitative estimate of drug-likeness (QED) is 0.686. The highest BCUT2D eigenvalue weighted by Crippen LogP contribution is 2.20. The smallest absolute Gasteiger partial charge is 0.255 e. The van der Waals surface area contributed by atoms with Gasteiger partial charge in [0.1, 0.15) is 5.82 Å². The van der Waals surface area contributed by atoms with Crippen LogP contribution in [0.25, 0.3) is 0 Å². The van der Waals surface area contributed by atoms with E-state index in [4.69, 9.17) is 11.6 Å². The second-order valence-corrected chi connectivity index (χ2v) is 6.09. The number of anilines is 2. The second kappa shape index (κ2) is 7.81. The fourth-order valence-electron chi connectivity index (χ4n) is 2.33. The van der Waals surface area contributed by atoms with Crippen LogP contribution < -0.4 is 10.6 Å². The molecule has 0 unspecified atom stereocenters. The van der Waals surface area contributed by atoms with Gasteiger partial charge in [-0.2, -0.15) is 0 Å². The standard InChI is InChI=1S/C20H18ClN3O/c1-14-7-8-17(12-18(14)21)24-20(25)16-9-10-22-19(11-16)23-13-15-5-3-2-4-6-15/h2-12H,13H2,1H3,(H,22,23)(H,24,25). The first kappa shape index (κ1) is 17.0. The molecule has 1 heterocycles. The van der Waals surface area contributed by atoms with Gasteiger partial charge in [-0.15, -0.1) is 0 Å². The summed E-state index contributed by atoms with van der Waals surface area (Å²) in [5, 5.41) is 6.70. The summed E-state index contributed by atoms with van der Waals surface area (Å²) in [6.45, 7) is 2.56. The largest absolute Gasteiger partial charge is 0.366 e. The number of amides is 1. The predicted molar refractivity (Wildman–Crippen MR) is 102 cm³/mol. The molecular formula is C20H18ClN3O. The third-order valence-electron chi connectivity index (χ3n) is 3.77. The second-order valence-electron chi connectivity index (χ2n) is 5.69. The number of carbonyl (C=O) groups is 1. The summed E-state index contributed by atoms with van der Waals surface area (Å²) in [4.78, 5) is 16.7. The van der Waals surface area contributed by atoms with Gasteiger partial charge in [-0.05, 0) is 42.3 Å². The Bertz CT molecular complexity index is 881. The van der Waals surface area contributed by atoms with E-state index in [9.17, 15) is 4.79 Å². The highest BCUT2D eigenvalue weighted by molar-refractivity contribution is 6.31. The van der Waals surface area contributed by atoms with E-state index >= 15 is 0 Å². The summed E-state index contributed by atoms with van der Waals surface area (Å²) in [6, 6.07) is 18.9. The normalized spacial score (nSPS) is 10.3. The lowest BCUT2D eigenvalue weighted by atomic mass is 10.2. The monoisotopic (exact) mass is 351 g/mol. The van der Waals surface area contributed by atoms with Gasteiger partial charge in [0.15, 0.2) is 0 Å². The average Bonchev–Trinajstić information content (AvgIpc) is 2.64. The number of pyridine rings is 1. The minimum atomic E-state index is -0.204. The van der Waals surface area contributed by atoms with Crippen LogP contribution >= 0.6 is 11.6 Å². The summed E-state index contributed by atoms with van der Waals surface area (Å²) in [5.74, 6) is 0.448. The number of halogens is 1. The van der Waals surface area contributed by atoms with E-state index < -0.39 is 0 Å². The van der Waals surface area contributed by atoms with E-state index in [2.05, 4.69) is 15.6 Å². The van der Waals surface area contributed by atoms with Crippen LogP contribution in [-0.4, -0.2) is 10.9 Å². The topological polar surface area (TPSA) is 54.0 Å². The van der Waals surface area contributed by atoms with Crippen LogP contribution in [0, 0.1) is 6.92 Å². The Labute approximate surface area is 151 Å². The zero-order valence-corrected chi connectivity index (χ0v) is 14.5. The van der Waals surface area contributed by atoms with Crippen LogP contribution in [0.15, 0.2) is 66.9 Å². The maximum atomic E-state index is 12.4. The molecule has 25 heavy (non-hydrogen) atoms. The van der Waals surface area contributed by atoms with Crippen molar-refractivity contribution in [3.8, 4) is 0 Å². The number of nitrogens with one attached hydrogen (secondary N) is 2. The molecule has 126 valence electrons. The van der Waals surface area contributed by atoms with Crippen LogP contribution in [-0.2, 0) is 6.54 Å². The van der Waals surface area contributed by atoms with Gasteiger partial charge in [0.05, 0.1) is 0 Å². The number of aryl methyl sites for hydroxylation is 1. The van der Waals surface area contributed by atoms with E-state index in [0.717, 1.165) is 11.1 Å². The first-order valence-electron chi connectivity index (χ1n) is 7.93. The number of hydrogen-bond donors (Lipinski definition) is 2. The van der Waals surface area contributed by atoms with E-state index in [1.807, 2.05) is 49.4 Å². The highest BCUT2D eigenvalue weighted by Gasteiger charge is 2.08. The Morgan fingerprint density at radius 2 is 1.88 bits per heavy atom. The van der Waals surface area contributed by atoms with Crippen molar-refractivity contribution in [3.63, 3.8) is 0 Å². The predicted octanol–water partition coefficient (Wildman–Crippen LogP) is 4.91. The number of carbonyl (C=O) groups excluding carboxylic acids is 1. The van der Waals surface area contributed by atoms with Crippen LogP contribution in [0.1, 0.15) is 21.5 Å². The zero-order chi connectivity index (χ0) is 17.6. The minimum absolute atomic E-state index is 0.204. The third kappa shape index (κ3) is 4.58. The van der Waals surface area contributed by atoms with E-state index in [-0.39, 0.29) is 5.91 Å². The Morgan fingerprint density at radius 3 is 2.64 bits per heavy atom. The third-order valence-corrected chi connectivity index (χ3v) is 4.18. The molecule has 0 aliphatic heterocycles. The lowest BCUT2D eigenvalue weighted by Gasteiger charge is -2.09. The van der Waals surface area contributed by atoms with Gasteiger partial charge >= 0.3 is 0 Å². The molecule has 0 radical (unpaired) electrons. The Kier molecular flexibility index (Phi) is 5.31. The molecule has 0 aliphatic carbocycles. The zero-order valence-electron chi connectivity index (χ0n) is 13.8. The number of rotatable bonds is 5. The van der Waals surface area contributed by atoms with Crippen LogP contribution in [0.5, 0.6) is 0 Å². The number of hydrogen-bond acceptors (Lipinski definition) is 3. The maximum absolute atomic E-state index is 12.4. The SMILES string of the molecule is Cc1ccc(NC(=O)c2ccnc(NCc3ccccc3)c2)cc1Cl. The van der Waals surface area contributed by atoms with Gasteiger partial charge in [-0.25, -0.2) is 4.98 Å². The van der Waals surface area contributed by atoms with Crippen molar-refractivity contribution in [3.05, 3.63) is 88.6 Å². The molecule has 0 bridgehead atoms. The lowest BCUT2D eigenvalue weighted by molar-refractivity contribution is 0.102. The van der Waals surface area contributed by atoms with Crippen molar-refractivity contribution in [1.82, 2.24) is 4.98 Å². The molecule has 0 fully saturated rings. The summed E-state index contributed by atoms with van der Waals surface area (Å²) >= 11 is 6.10. The summed E-state index contributed by atoms with van der Waals surface area (Å²) < 4.78 is 0. The molecule has 0 saturated carbocycles. The van der Waals surface area contributed by atoms with E-state index in [0.29, 0.717) is 28.6 Å². The van der Waals surface area contributed by atoms with Crippen molar-refractivity contribution < 1.29 is 4.79 Å². The molecule has 3 aromatic rings. The van der Waals surface area contributed by atoms with Crippen LogP contribution in [0.2, 0.25) is 5.02 Å². The Balaban J connectivity index is 1.67. The summed E-state index contributed by atoms with van der Waals surface area (Å²) in [5.41, 5.74) is 3.31. The van der Waals surface area contributed by atoms with Crippen molar-refractivity contribution in [2.75, 3.05) is 10.6 Å². The molecule has 1 aromatic heterocycles. The molecular weight excluding hydrogens is 334 g/mol. The van der Waals surface area contributed by atoms with Crippen molar-refractivity contribution in [2.24, 2.45) is 0 Å². The van der Waals surface area contributed by atoms with Gasteiger partial charge < -0.3 is 10.6 Å². The Morgan fingerprint density at radius 1 is 1.08 bits per heavy atom. The Hall–Kier alpha value is -2.85. The van der Waals surface area contributed by atoms with Gasteiger partial charge in [-0.1, -0.05) is 48.0 Å². The molecule has 1 amide bonds. The molecule has 0 aliphatic rings. The highest BCUT2D eigenvalue weighted by atomic mass is 35.5. The van der Waals surface area contributed by atoms with Crippen molar-refractivity contribution in [1.29, 1.82) is 0 Å². The molecule has 0 atom stereocenters. The molecule has 2 aromatic carbocycles. The fourth-order valence-corrected chi connectivity index (χ4v) is 2.51. The van der Waals surface area contributed by atoms with Crippen LogP contribution in [0.3, 0.4) is 0 Å². The summed E-state index contributed by atoms with van der Waals surface area (Å²) in [7, 11) is 0. The van der Waals surface area contributed by atoms with E-state index in [1.165, 1.54) is 0 Å². The molecule has 3 rings (SSSR count). The van der Waals surface area contributed by atoms with Crippen LogP contribution in [0.4, 0.5) is 11.5 Å². The first-order valence-corrected chi connectivity index (χ1v) is 8.31. The summed E-state index contributed by atoms with van der Waals surface area (Å²) in [6.07, 6.45) is 1.62. The number of benzene rings is 2. The average molecular weight is 352 g/mol. The molecule has 5 heteroatoms. The van der Waals surface area contributed by atoms with Gasteiger partial charge in [0.25, 0.3) is 5.91 Å². The number of aromatic nitrogens is 1. The fraction of sp³-hybridized carbons (Fsp3) is 0.100. The minimum Gasteiger partial charge on any atom is -0.366 e. The lowest BCUT2D eigenvalue weighted by Crippen LogP contribution is -2.13. The van der Waals surface area contributed by atoms with E-state index in [1.54, 1.807) is 24.4 Å². The van der Waals surface area contributed by atoms with Crippen molar-refractivity contribution >= 4 is 29.0 Å². The molecule has 2 N–H and O–H groups in total. The van der Waals surface area contributed by atoms with Gasteiger partial charge in [0.2, 0.25) is 0 Å². The molecule has 0 spiro atoms.